The molecule has 0 spiro atoms. The molecule has 4 heterocycles. The van der Waals surface area contributed by atoms with Crippen LogP contribution in [0.3, 0.4) is 0 Å². The van der Waals surface area contributed by atoms with Gasteiger partial charge in [0, 0.05) is 36.3 Å². The lowest BCUT2D eigenvalue weighted by atomic mass is 9.97. The quantitative estimate of drug-likeness (QED) is 0.314. The van der Waals surface area contributed by atoms with Crippen molar-refractivity contribution in [2.24, 2.45) is 0 Å². The summed E-state index contributed by atoms with van der Waals surface area (Å²) in [7, 11) is 0. The smallest absolute Gasteiger partial charge is 0.416 e. The molecule has 1 atom stereocenters. The van der Waals surface area contributed by atoms with Gasteiger partial charge >= 0.3 is 12.3 Å². The number of carbonyl (C=O) groups is 2. The summed E-state index contributed by atoms with van der Waals surface area (Å²) < 4.78 is 40.6. The first-order valence-corrected chi connectivity index (χ1v) is 12.2. The first kappa shape index (κ1) is 26.2. The van der Waals surface area contributed by atoms with Crippen LogP contribution in [0.1, 0.15) is 40.5 Å². The van der Waals surface area contributed by atoms with Crippen molar-refractivity contribution in [3.63, 3.8) is 0 Å². The average Bonchev–Trinajstić information content (AvgIpc) is 3.33. The van der Waals surface area contributed by atoms with E-state index in [0.717, 1.165) is 18.3 Å². The van der Waals surface area contributed by atoms with Gasteiger partial charge in [-0.1, -0.05) is 23.7 Å². The summed E-state index contributed by atoms with van der Waals surface area (Å²) in [6.07, 6.45) is -1.87. The molecule has 0 bridgehead atoms. The number of likely N-dealkylation sites (tertiary alicyclic amines) is 1. The normalized spacial score (nSPS) is 15.9. The van der Waals surface area contributed by atoms with Crippen molar-refractivity contribution in [1.29, 1.82) is 0 Å². The molecule has 2 amide bonds. The van der Waals surface area contributed by atoms with Gasteiger partial charge in [-0.3, -0.25) is 9.20 Å². The topological polar surface area (TPSA) is 139 Å². The maximum Gasteiger partial charge on any atom is 0.416 e. The third-order valence-electron chi connectivity index (χ3n) is 6.48. The van der Waals surface area contributed by atoms with Gasteiger partial charge in [-0.2, -0.15) is 13.2 Å². The number of alkyl halides is 3. The number of imidazole rings is 1. The summed E-state index contributed by atoms with van der Waals surface area (Å²) in [6, 6.07) is 7.78. The fourth-order valence-corrected chi connectivity index (χ4v) is 4.83. The van der Waals surface area contributed by atoms with E-state index in [1.165, 1.54) is 23.2 Å². The summed E-state index contributed by atoms with van der Waals surface area (Å²) in [6.45, 7) is 0.675. The molecule has 0 aliphatic carbocycles. The molecular weight excluding hydrogens is 539 g/mol. The molecule has 4 aromatic rings. The SMILES string of the molecule is Nc1ncc(Cl)n2c(C3CCCN(C(=O)O)C3)nc(-c3ccc(C(=O)Nc4cc(C(F)(F)F)ccn4)cc3)c12. The number of pyridine rings is 1. The number of amides is 2. The molecule has 1 aromatic carbocycles. The van der Waals surface area contributed by atoms with Gasteiger partial charge < -0.3 is 21.1 Å². The lowest BCUT2D eigenvalue weighted by molar-refractivity contribution is -0.137. The van der Waals surface area contributed by atoms with Crippen LogP contribution in [0.15, 0.2) is 48.8 Å². The lowest BCUT2D eigenvalue weighted by Crippen LogP contribution is -2.38. The Hall–Kier alpha value is -4.39. The molecule has 0 saturated carbocycles. The van der Waals surface area contributed by atoms with Gasteiger partial charge in [0.2, 0.25) is 0 Å². The lowest BCUT2D eigenvalue weighted by Gasteiger charge is -2.30. The second kappa shape index (κ2) is 10.1. The minimum atomic E-state index is -4.57. The van der Waals surface area contributed by atoms with Gasteiger partial charge in [-0.25, -0.2) is 19.7 Å². The summed E-state index contributed by atoms with van der Waals surface area (Å²) in [5, 5.41) is 12.1. The number of fused-ring (bicyclic) bond motifs is 1. The van der Waals surface area contributed by atoms with Crippen LogP contribution in [0.25, 0.3) is 16.8 Å². The zero-order valence-corrected chi connectivity index (χ0v) is 20.9. The highest BCUT2D eigenvalue weighted by atomic mass is 35.5. The van der Waals surface area contributed by atoms with Gasteiger partial charge in [0.1, 0.15) is 33.8 Å². The number of nitrogens with zero attached hydrogens (tertiary/aromatic N) is 5. The molecule has 1 fully saturated rings. The second-order valence-corrected chi connectivity index (χ2v) is 9.38. The molecule has 1 unspecified atom stereocenters. The monoisotopic (exact) mass is 559 g/mol. The highest BCUT2D eigenvalue weighted by molar-refractivity contribution is 6.30. The molecule has 4 N–H and O–H groups in total. The van der Waals surface area contributed by atoms with Gasteiger partial charge in [0.25, 0.3) is 5.91 Å². The van der Waals surface area contributed by atoms with E-state index in [0.29, 0.717) is 42.0 Å². The zero-order chi connectivity index (χ0) is 27.9. The number of anilines is 2. The molecule has 14 heteroatoms. The summed E-state index contributed by atoms with van der Waals surface area (Å²) in [5.41, 5.74) is 6.91. The van der Waals surface area contributed by atoms with Crippen molar-refractivity contribution in [3.8, 4) is 11.3 Å². The number of nitrogen functional groups attached to an aromatic ring is 1. The number of carbonyl (C=O) groups excluding carboxylic acids is 1. The Labute approximate surface area is 224 Å². The van der Waals surface area contributed by atoms with Crippen molar-refractivity contribution >= 4 is 40.8 Å². The minimum Gasteiger partial charge on any atom is -0.465 e. The van der Waals surface area contributed by atoms with Gasteiger partial charge in [-0.15, -0.1) is 0 Å². The number of rotatable bonds is 4. The van der Waals surface area contributed by atoms with Crippen molar-refractivity contribution in [1.82, 2.24) is 24.3 Å². The zero-order valence-electron chi connectivity index (χ0n) is 20.1. The fourth-order valence-electron chi connectivity index (χ4n) is 4.61. The maximum atomic E-state index is 13.0. The molecule has 0 radical (unpaired) electrons. The van der Waals surface area contributed by atoms with E-state index < -0.39 is 23.7 Å². The maximum absolute atomic E-state index is 13.0. The Morgan fingerprint density at radius 2 is 1.90 bits per heavy atom. The van der Waals surface area contributed by atoms with Gasteiger partial charge in [0.15, 0.2) is 0 Å². The van der Waals surface area contributed by atoms with Crippen LogP contribution >= 0.6 is 11.6 Å². The summed E-state index contributed by atoms with van der Waals surface area (Å²) >= 11 is 6.48. The van der Waals surface area contributed by atoms with Crippen LogP contribution in [0.2, 0.25) is 5.15 Å². The number of halogens is 4. The van der Waals surface area contributed by atoms with Crippen molar-refractivity contribution in [2.75, 3.05) is 24.1 Å². The second-order valence-electron chi connectivity index (χ2n) is 9.00. The Bertz CT molecular complexity index is 1570. The molecule has 1 saturated heterocycles. The number of hydrogen-bond acceptors (Lipinski definition) is 6. The highest BCUT2D eigenvalue weighted by Crippen LogP contribution is 2.36. The van der Waals surface area contributed by atoms with Crippen LogP contribution in [0.5, 0.6) is 0 Å². The Morgan fingerprint density at radius 3 is 2.59 bits per heavy atom. The van der Waals surface area contributed by atoms with Crippen LogP contribution < -0.4 is 11.1 Å². The number of piperidine rings is 1. The molecule has 1 aliphatic rings. The van der Waals surface area contributed by atoms with Crippen molar-refractivity contribution in [2.45, 2.75) is 24.9 Å². The van der Waals surface area contributed by atoms with E-state index >= 15 is 0 Å². The van der Waals surface area contributed by atoms with Gasteiger partial charge in [-0.05, 0) is 37.1 Å². The summed E-state index contributed by atoms with van der Waals surface area (Å²) in [5.74, 6) is -0.414. The van der Waals surface area contributed by atoms with E-state index in [1.54, 1.807) is 16.5 Å². The largest absolute Gasteiger partial charge is 0.465 e. The predicted molar refractivity (Wildman–Crippen MR) is 137 cm³/mol. The first-order valence-electron chi connectivity index (χ1n) is 11.8. The number of nitrogens with two attached hydrogens (primary N) is 1. The molecule has 1 aliphatic heterocycles. The third-order valence-corrected chi connectivity index (χ3v) is 6.74. The molecule has 5 rings (SSSR count). The van der Waals surface area contributed by atoms with E-state index in [-0.39, 0.29) is 34.8 Å². The minimum absolute atomic E-state index is 0.163. The Balaban J connectivity index is 1.46. The number of aromatic nitrogens is 4. The molecule has 3 aromatic heterocycles. The Morgan fingerprint density at radius 1 is 1.15 bits per heavy atom. The predicted octanol–water partition coefficient (Wildman–Crippen LogP) is 5.16. The van der Waals surface area contributed by atoms with E-state index in [2.05, 4.69) is 15.3 Å². The third kappa shape index (κ3) is 5.17. The van der Waals surface area contributed by atoms with Gasteiger partial charge in [0.05, 0.1) is 11.8 Å². The molecular formula is C25H21ClF3N7O3. The number of nitrogens with one attached hydrogen (secondary N) is 1. The number of carboxylic acid groups (broad SMARTS) is 1. The van der Waals surface area contributed by atoms with Crippen LogP contribution in [-0.4, -0.2) is 54.4 Å². The van der Waals surface area contributed by atoms with E-state index in [4.69, 9.17) is 22.3 Å². The van der Waals surface area contributed by atoms with E-state index in [1.807, 2.05) is 0 Å². The van der Waals surface area contributed by atoms with E-state index in [9.17, 15) is 27.9 Å². The average molecular weight is 560 g/mol. The van der Waals surface area contributed by atoms with Crippen LogP contribution in [0.4, 0.5) is 29.6 Å². The van der Waals surface area contributed by atoms with Crippen LogP contribution in [-0.2, 0) is 6.18 Å². The van der Waals surface area contributed by atoms with Crippen molar-refractivity contribution < 1.29 is 27.9 Å². The number of hydrogen-bond donors (Lipinski definition) is 3. The fraction of sp³-hybridized carbons (Fsp3) is 0.240. The Kier molecular flexibility index (Phi) is 6.76. The first-order chi connectivity index (χ1) is 18.5. The number of benzene rings is 1. The highest BCUT2D eigenvalue weighted by Gasteiger charge is 2.31. The van der Waals surface area contributed by atoms with Crippen molar-refractivity contribution in [3.05, 3.63) is 70.9 Å². The molecule has 39 heavy (non-hydrogen) atoms. The standard InChI is InChI=1S/C25H21ClF3N7O3/c26-17-11-32-21(30)20-19(34-22(36(17)20)15-2-1-9-35(12-15)24(38)39)13-3-5-14(6-4-13)23(37)33-18-10-16(7-8-31-18)25(27,28)29/h3-8,10-11,15H,1-2,9,12H2,(H2,30,32)(H,38,39)(H,31,33,37). The van der Waals surface area contributed by atoms with Crippen LogP contribution in [0, 0.1) is 0 Å². The molecule has 202 valence electrons. The summed E-state index contributed by atoms with van der Waals surface area (Å²) in [4.78, 5) is 38.3. The molecule has 10 nitrogen and oxygen atoms in total.